The molecule has 5 heterocycles. The Balaban J connectivity index is 1.11. The van der Waals surface area contributed by atoms with E-state index in [9.17, 15) is 4.79 Å². The highest BCUT2D eigenvalue weighted by Crippen LogP contribution is 2.34. The Labute approximate surface area is 229 Å². The van der Waals surface area contributed by atoms with E-state index in [4.69, 9.17) is 24.2 Å². The summed E-state index contributed by atoms with van der Waals surface area (Å²) in [5.74, 6) is 2.68. The van der Waals surface area contributed by atoms with Gasteiger partial charge in [-0.15, -0.1) is 0 Å². The van der Waals surface area contributed by atoms with E-state index in [1.165, 1.54) is 0 Å². The lowest BCUT2D eigenvalue weighted by molar-refractivity contribution is 0.0240. The van der Waals surface area contributed by atoms with Crippen LogP contribution >= 0.6 is 0 Å². The minimum atomic E-state index is -0.486. The first kappa shape index (κ1) is 25.6. The summed E-state index contributed by atoms with van der Waals surface area (Å²) in [6.07, 6.45) is 3.78. The van der Waals surface area contributed by atoms with Crippen LogP contribution in [0.25, 0.3) is 16.8 Å². The number of morpholine rings is 1. The molecule has 6 rings (SSSR count). The molecule has 3 aromatic rings. The Morgan fingerprint density at radius 3 is 2.49 bits per heavy atom. The number of anilines is 1. The fourth-order valence-electron chi connectivity index (χ4n) is 5.19. The summed E-state index contributed by atoms with van der Waals surface area (Å²) < 4.78 is 19.2. The van der Waals surface area contributed by atoms with E-state index in [0.29, 0.717) is 19.7 Å². The van der Waals surface area contributed by atoms with Crippen molar-refractivity contribution in [3.05, 3.63) is 54.2 Å². The van der Waals surface area contributed by atoms with Crippen LogP contribution in [0.1, 0.15) is 32.3 Å². The van der Waals surface area contributed by atoms with Gasteiger partial charge >= 0.3 is 6.09 Å². The molecule has 0 saturated carbocycles. The molecule has 10 nitrogen and oxygen atoms in total. The molecule has 0 bridgehead atoms. The monoisotopic (exact) mass is 532 g/mol. The molecule has 1 amide bonds. The third kappa shape index (κ3) is 5.72. The topological polar surface area (TPSA) is 85.2 Å². The van der Waals surface area contributed by atoms with Crippen molar-refractivity contribution < 1.29 is 19.0 Å². The van der Waals surface area contributed by atoms with Crippen molar-refractivity contribution in [3.8, 4) is 22.6 Å². The fourth-order valence-corrected chi connectivity index (χ4v) is 5.19. The zero-order valence-corrected chi connectivity index (χ0v) is 22.9. The van der Waals surface area contributed by atoms with Crippen molar-refractivity contribution >= 4 is 11.9 Å². The number of rotatable bonds is 4. The van der Waals surface area contributed by atoms with E-state index < -0.39 is 5.60 Å². The summed E-state index contributed by atoms with van der Waals surface area (Å²) in [4.78, 5) is 28.3. The van der Waals surface area contributed by atoms with Gasteiger partial charge in [-0.3, -0.25) is 9.47 Å². The van der Waals surface area contributed by atoms with Gasteiger partial charge in [0.25, 0.3) is 0 Å². The third-order valence-electron chi connectivity index (χ3n) is 7.23. The number of ether oxygens (including phenoxy) is 3. The lowest BCUT2D eigenvalue weighted by Crippen LogP contribution is -2.50. The van der Waals surface area contributed by atoms with Crippen molar-refractivity contribution in [2.45, 2.75) is 39.5 Å². The van der Waals surface area contributed by atoms with Crippen LogP contribution in [0, 0.1) is 0 Å². The second-order valence-corrected chi connectivity index (χ2v) is 11.2. The number of carbonyl (C=O) groups is 1. The van der Waals surface area contributed by atoms with Gasteiger partial charge in [-0.2, -0.15) is 0 Å². The molecule has 0 N–H and O–H groups in total. The number of benzene rings is 1. The first-order chi connectivity index (χ1) is 18.8. The number of carbonyl (C=O) groups excluding carboxylic acids is 1. The van der Waals surface area contributed by atoms with Crippen molar-refractivity contribution in [2.24, 2.45) is 0 Å². The molecular weight excluding hydrogens is 496 g/mol. The van der Waals surface area contributed by atoms with Gasteiger partial charge in [0.15, 0.2) is 5.82 Å². The van der Waals surface area contributed by atoms with E-state index in [1.807, 2.05) is 33.0 Å². The number of hydrogen-bond donors (Lipinski definition) is 0. The molecule has 0 atom stereocenters. The van der Waals surface area contributed by atoms with Crippen LogP contribution in [-0.2, 0) is 22.6 Å². The maximum Gasteiger partial charge on any atom is 0.410 e. The largest absolute Gasteiger partial charge is 0.483 e. The van der Waals surface area contributed by atoms with Gasteiger partial charge in [0.05, 0.1) is 24.6 Å². The number of amides is 1. The van der Waals surface area contributed by atoms with E-state index in [0.717, 1.165) is 85.8 Å². The predicted molar refractivity (Wildman–Crippen MR) is 147 cm³/mol. The van der Waals surface area contributed by atoms with Gasteiger partial charge in [0, 0.05) is 63.8 Å². The second kappa shape index (κ2) is 10.5. The molecule has 206 valence electrons. The molecule has 10 heteroatoms. The maximum absolute atomic E-state index is 12.4. The van der Waals surface area contributed by atoms with Crippen molar-refractivity contribution in [3.63, 3.8) is 0 Å². The first-order valence-electron chi connectivity index (χ1n) is 13.7. The Morgan fingerprint density at radius 1 is 1.00 bits per heavy atom. The minimum absolute atomic E-state index is 0.253. The summed E-state index contributed by atoms with van der Waals surface area (Å²) in [5, 5.41) is 0. The van der Waals surface area contributed by atoms with E-state index in [-0.39, 0.29) is 6.09 Å². The molecule has 39 heavy (non-hydrogen) atoms. The quantitative estimate of drug-likeness (QED) is 0.503. The van der Waals surface area contributed by atoms with Crippen LogP contribution < -0.4 is 9.64 Å². The van der Waals surface area contributed by atoms with Crippen LogP contribution in [0.3, 0.4) is 0 Å². The molecule has 0 aliphatic carbocycles. The molecule has 3 aliphatic heterocycles. The predicted octanol–water partition coefficient (Wildman–Crippen LogP) is 3.72. The Bertz CT molecular complexity index is 1320. The van der Waals surface area contributed by atoms with Crippen molar-refractivity contribution in [1.82, 2.24) is 24.3 Å². The second-order valence-electron chi connectivity index (χ2n) is 11.2. The molecule has 1 aromatic carbocycles. The van der Waals surface area contributed by atoms with Gasteiger partial charge in [0.2, 0.25) is 0 Å². The van der Waals surface area contributed by atoms with E-state index in [1.54, 1.807) is 4.90 Å². The number of nitrogens with zero attached hydrogens (tertiary/aromatic N) is 6. The molecular formula is C29H36N6O4. The molecule has 2 aromatic heterocycles. The van der Waals surface area contributed by atoms with E-state index in [2.05, 4.69) is 44.8 Å². The van der Waals surface area contributed by atoms with Gasteiger partial charge in [-0.05, 0) is 50.6 Å². The molecule has 0 spiro atoms. The zero-order chi connectivity index (χ0) is 27.0. The summed E-state index contributed by atoms with van der Waals surface area (Å²) in [6, 6.07) is 10.4. The van der Waals surface area contributed by atoms with Gasteiger partial charge in [0.1, 0.15) is 23.8 Å². The lowest BCUT2D eigenvalue weighted by atomic mass is 10.1. The van der Waals surface area contributed by atoms with Crippen molar-refractivity contribution in [2.75, 3.05) is 57.4 Å². The standard InChI is InChI=1S/C29H36N6O4/c1-29(2,3)39-28(36)34-10-8-33(9-11-34)26-7-5-22(17-30-26)21-4-6-24-25(16-21)38-20-27-31-23(19-35(24)27)18-32-12-14-37-15-13-32/h4-7,16-17,19H,8-15,18,20H2,1-3H3. The first-order valence-corrected chi connectivity index (χ1v) is 13.7. The number of fused-ring (bicyclic) bond motifs is 3. The zero-order valence-electron chi connectivity index (χ0n) is 22.9. The fraction of sp³-hybridized carbons (Fsp3) is 0.483. The Kier molecular flexibility index (Phi) is 6.90. The Morgan fingerprint density at radius 2 is 1.77 bits per heavy atom. The van der Waals surface area contributed by atoms with Crippen LogP contribution in [0.15, 0.2) is 42.7 Å². The normalized spacial score (nSPS) is 17.8. The van der Waals surface area contributed by atoms with Crippen molar-refractivity contribution in [1.29, 1.82) is 0 Å². The van der Waals surface area contributed by atoms with Crippen LogP contribution in [-0.4, -0.2) is 88.5 Å². The molecule has 0 unspecified atom stereocenters. The maximum atomic E-state index is 12.4. The van der Waals surface area contributed by atoms with Crippen LogP contribution in [0.5, 0.6) is 5.75 Å². The molecule has 3 aliphatic rings. The number of aromatic nitrogens is 3. The molecule has 2 saturated heterocycles. The highest BCUT2D eigenvalue weighted by Gasteiger charge is 2.26. The van der Waals surface area contributed by atoms with Gasteiger partial charge < -0.3 is 24.0 Å². The number of imidazole rings is 1. The molecule has 2 fully saturated rings. The summed E-state index contributed by atoms with van der Waals surface area (Å²) in [6.45, 7) is 13.1. The third-order valence-corrected chi connectivity index (χ3v) is 7.23. The summed E-state index contributed by atoms with van der Waals surface area (Å²) >= 11 is 0. The number of hydrogen-bond acceptors (Lipinski definition) is 8. The summed E-state index contributed by atoms with van der Waals surface area (Å²) in [7, 11) is 0. The van der Waals surface area contributed by atoms with Gasteiger partial charge in [-0.1, -0.05) is 6.07 Å². The highest BCUT2D eigenvalue weighted by atomic mass is 16.6. The number of pyridine rings is 1. The highest BCUT2D eigenvalue weighted by molar-refractivity contribution is 5.70. The smallest absolute Gasteiger partial charge is 0.410 e. The van der Waals surface area contributed by atoms with Gasteiger partial charge in [-0.25, -0.2) is 14.8 Å². The average molecular weight is 533 g/mol. The van der Waals surface area contributed by atoms with Crippen LogP contribution in [0.2, 0.25) is 0 Å². The lowest BCUT2D eigenvalue weighted by Gasteiger charge is -2.36. The summed E-state index contributed by atoms with van der Waals surface area (Å²) in [5.41, 5.74) is 3.66. The van der Waals surface area contributed by atoms with E-state index >= 15 is 0 Å². The minimum Gasteiger partial charge on any atom is -0.483 e. The molecule has 0 radical (unpaired) electrons. The average Bonchev–Trinajstić information content (AvgIpc) is 3.35. The SMILES string of the molecule is CC(C)(C)OC(=O)N1CCN(c2ccc(-c3ccc4c(c3)OCc3nc(CN5CCOCC5)cn3-4)cn2)CC1. The Hall–Kier alpha value is -3.63. The van der Waals surface area contributed by atoms with Crippen LogP contribution in [0.4, 0.5) is 10.6 Å². The number of piperazine rings is 1.